The van der Waals surface area contributed by atoms with E-state index in [2.05, 4.69) is 21.2 Å². The summed E-state index contributed by atoms with van der Waals surface area (Å²) in [5.74, 6) is -2.64. The molecule has 17 heavy (non-hydrogen) atoms. The van der Waals surface area contributed by atoms with Crippen molar-refractivity contribution < 1.29 is 8.78 Å². The van der Waals surface area contributed by atoms with Gasteiger partial charge in [0.2, 0.25) is 0 Å². The van der Waals surface area contributed by atoms with Crippen molar-refractivity contribution in [3.63, 3.8) is 0 Å². The summed E-state index contributed by atoms with van der Waals surface area (Å²) in [4.78, 5) is 2.57. The molecule has 0 amide bonds. The minimum atomic E-state index is -2.64. The van der Waals surface area contributed by atoms with Gasteiger partial charge in [0.1, 0.15) is 0 Å². The number of hydrogen-bond donors (Lipinski definition) is 1. The molecule has 0 aromatic carbocycles. The van der Waals surface area contributed by atoms with Crippen LogP contribution in [0.15, 0.2) is 15.9 Å². The molecule has 2 rings (SSSR count). The molecular weight excluding hydrogens is 310 g/mol. The van der Waals surface area contributed by atoms with Gasteiger partial charge >= 0.3 is 0 Å². The van der Waals surface area contributed by atoms with E-state index in [-0.39, 0.29) is 13.0 Å². The Labute approximate surface area is 112 Å². The Morgan fingerprint density at radius 3 is 2.65 bits per heavy atom. The molecule has 1 N–H and O–H groups in total. The SMILES string of the molecule is FC(F)(Cc1ccc(Br)s1)CN1CCNCC1. The van der Waals surface area contributed by atoms with E-state index < -0.39 is 5.92 Å². The predicted molar refractivity (Wildman–Crippen MR) is 70.0 cm³/mol. The number of rotatable bonds is 4. The van der Waals surface area contributed by atoms with Gasteiger partial charge in [-0.3, -0.25) is 4.90 Å². The summed E-state index contributed by atoms with van der Waals surface area (Å²) in [6, 6.07) is 3.58. The zero-order chi connectivity index (χ0) is 12.3. The fourth-order valence-corrected chi connectivity index (χ4v) is 3.52. The van der Waals surface area contributed by atoms with Crippen molar-refractivity contribution in [2.45, 2.75) is 12.3 Å². The molecule has 2 nitrogen and oxygen atoms in total. The second kappa shape index (κ2) is 5.73. The van der Waals surface area contributed by atoms with Crippen LogP contribution in [0.4, 0.5) is 8.78 Å². The van der Waals surface area contributed by atoms with Crippen molar-refractivity contribution in [1.29, 1.82) is 0 Å². The second-order valence-electron chi connectivity index (χ2n) is 4.26. The summed E-state index contributed by atoms with van der Waals surface area (Å²) < 4.78 is 28.6. The van der Waals surface area contributed by atoms with Crippen LogP contribution in [-0.2, 0) is 6.42 Å². The maximum absolute atomic E-state index is 13.8. The highest BCUT2D eigenvalue weighted by Gasteiger charge is 2.32. The normalized spacial score (nSPS) is 18.5. The minimum Gasteiger partial charge on any atom is -0.314 e. The molecule has 0 bridgehead atoms. The standard InChI is InChI=1S/C11H15BrF2N2S/c12-10-2-1-9(17-10)7-11(13,14)8-16-5-3-15-4-6-16/h1-2,15H,3-8H2. The average molecular weight is 325 g/mol. The Hall–Kier alpha value is -0.0400. The Morgan fingerprint density at radius 1 is 1.35 bits per heavy atom. The van der Waals surface area contributed by atoms with Crippen molar-refractivity contribution in [2.75, 3.05) is 32.7 Å². The number of nitrogens with zero attached hydrogens (tertiary/aromatic N) is 1. The molecule has 0 saturated carbocycles. The maximum Gasteiger partial charge on any atom is 0.265 e. The lowest BCUT2D eigenvalue weighted by molar-refractivity contribution is -0.0331. The summed E-state index contributed by atoms with van der Waals surface area (Å²) in [6.45, 7) is 2.90. The molecule has 1 aliphatic heterocycles. The Balaban J connectivity index is 1.88. The van der Waals surface area contributed by atoms with E-state index in [1.54, 1.807) is 6.07 Å². The third kappa shape index (κ3) is 4.28. The Morgan fingerprint density at radius 2 is 2.06 bits per heavy atom. The highest BCUT2D eigenvalue weighted by atomic mass is 79.9. The highest BCUT2D eigenvalue weighted by molar-refractivity contribution is 9.11. The van der Waals surface area contributed by atoms with Crippen LogP contribution in [0.25, 0.3) is 0 Å². The van der Waals surface area contributed by atoms with Crippen LogP contribution in [0.3, 0.4) is 0 Å². The quantitative estimate of drug-likeness (QED) is 0.915. The Bertz CT molecular complexity index is 364. The monoisotopic (exact) mass is 324 g/mol. The molecule has 96 valence electrons. The molecule has 0 radical (unpaired) electrons. The smallest absolute Gasteiger partial charge is 0.265 e. The number of hydrogen-bond acceptors (Lipinski definition) is 3. The number of nitrogens with one attached hydrogen (secondary N) is 1. The first-order chi connectivity index (χ1) is 8.05. The van der Waals surface area contributed by atoms with Gasteiger partial charge in [-0.05, 0) is 28.1 Å². The van der Waals surface area contributed by atoms with Crippen molar-refractivity contribution in [2.24, 2.45) is 0 Å². The first kappa shape index (κ1) is 13.4. The predicted octanol–water partition coefficient (Wildman–Crippen LogP) is 2.59. The molecular formula is C11H15BrF2N2S. The van der Waals surface area contributed by atoms with Crippen molar-refractivity contribution in [3.8, 4) is 0 Å². The second-order valence-corrected chi connectivity index (χ2v) is 6.81. The van der Waals surface area contributed by atoms with Crippen molar-refractivity contribution in [1.82, 2.24) is 10.2 Å². The van der Waals surface area contributed by atoms with Crippen LogP contribution in [0, 0.1) is 0 Å². The summed E-state index contributed by atoms with van der Waals surface area (Å²) in [6.07, 6.45) is -0.160. The molecule has 2 heterocycles. The van der Waals surface area contributed by atoms with E-state index in [0.29, 0.717) is 13.1 Å². The number of piperazine rings is 1. The van der Waals surface area contributed by atoms with Crippen LogP contribution in [0.5, 0.6) is 0 Å². The molecule has 0 spiro atoms. The minimum absolute atomic E-state index is 0.135. The lowest BCUT2D eigenvalue weighted by Crippen LogP contribution is -2.48. The Kier molecular flexibility index (Phi) is 4.52. The molecule has 1 fully saturated rings. The molecule has 1 aromatic rings. The fraction of sp³-hybridized carbons (Fsp3) is 0.636. The van der Waals surface area contributed by atoms with Crippen LogP contribution in [-0.4, -0.2) is 43.5 Å². The average Bonchev–Trinajstić information content (AvgIpc) is 2.63. The molecule has 1 saturated heterocycles. The number of alkyl halides is 2. The van der Waals surface area contributed by atoms with E-state index in [0.717, 1.165) is 21.8 Å². The van der Waals surface area contributed by atoms with Gasteiger partial charge in [0, 0.05) is 37.5 Å². The first-order valence-electron chi connectivity index (χ1n) is 5.60. The van der Waals surface area contributed by atoms with E-state index in [1.807, 2.05) is 11.0 Å². The summed E-state index contributed by atoms with van der Waals surface area (Å²) in [5.41, 5.74) is 0. The van der Waals surface area contributed by atoms with Crippen molar-refractivity contribution >= 4 is 27.3 Å². The topological polar surface area (TPSA) is 15.3 Å². The van der Waals surface area contributed by atoms with Crippen LogP contribution in [0.1, 0.15) is 4.88 Å². The third-order valence-corrected chi connectivity index (χ3v) is 4.35. The molecule has 6 heteroatoms. The van der Waals surface area contributed by atoms with Gasteiger partial charge in [-0.2, -0.15) is 0 Å². The van der Waals surface area contributed by atoms with E-state index in [4.69, 9.17) is 0 Å². The van der Waals surface area contributed by atoms with Crippen LogP contribution < -0.4 is 5.32 Å². The van der Waals surface area contributed by atoms with Crippen LogP contribution in [0.2, 0.25) is 0 Å². The molecule has 1 aromatic heterocycles. The van der Waals surface area contributed by atoms with Crippen molar-refractivity contribution in [3.05, 3.63) is 20.8 Å². The number of halogens is 3. The number of thiophene rings is 1. The third-order valence-electron chi connectivity index (χ3n) is 2.73. The summed E-state index contributed by atoms with van der Waals surface area (Å²) in [7, 11) is 0. The first-order valence-corrected chi connectivity index (χ1v) is 7.21. The lowest BCUT2D eigenvalue weighted by Gasteiger charge is -2.30. The van der Waals surface area contributed by atoms with E-state index >= 15 is 0 Å². The van der Waals surface area contributed by atoms with E-state index in [9.17, 15) is 8.78 Å². The molecule has 0 unspecified atom stereocenters. The molecule has 1 aliphatic rings. The van der Waals surface area contributed by atoms with Gasteiger partial charge in [0.05, 0.1) is 10.3 Å². The summed E-state index contributed by atoms with van der Waals surface area (Å²) >= 11 is 4.68. The molecule has 0 aliphatic carbocycles. The zero-order valence-corrected chi connectivity index (χ0v) is 11.8. The largest absolute Gasteiger partial charge is 0.314 e. The highest BCUT2D eigenvalue weighted by Crippen LogP contribution is 2.28. The lowest BCUT2D eigenvalue weighted by atomic mass is 10.2. The van der Waals surface area contributed by atoms with Gasteiger partial charge in [-0.25, -0.2) is 8.78 Å². The van der Waals surface area contributed by atoms with Gasteiger partial charge < -0.3 is 5.32 Å². The fourth-order valence-electron chi connectivity index (χ4n) is 1.95. The van der Waals surface area contributed by atoms with E-state index in [1.165, 1.54) is 11.3 Å². The van der Waals surface area contributed by atoms with Gasteiger partial charge in [0.15, 0.2) is 0 Å². The maximum atomic E-state index is 13.8. The van der Waals surface area contributed by atoms with Gasteiger partial charge in [0.25, 0.3) is 5.92 Å². The zero-order valence-electron chi connectivity index (χ0n) is 9.39. The molecule has 0 atom stereocenters. The van der Waals surface area contributed by atoms with Gasteiger partial charge in [-0.15, -0.1) is 11.3 Å². The summed E-state index contributed by atoms with van der Waals surface area (Å²) in [5, 5.41) is 3.16. The van der Waals surface area contributed by atoms with Gasteiger partial charge in [-0.1, -0.05) is 0 Å². The van der Waals surface area contributed by atoms with Crippen LogP contribution >= 0.6 is 27.3 Å².